The van der Waals surface area contributed by atoms with Crippen LogP contribution in [0.25, 0.3) is 10.9 Å². The van der Waals surface area contributed by atoms with Crippen molar-refractivity contribution in [2.45, 2.75) is 65.0 Å². The summed E-state index contributed by atoms with van der Waals surface area (Å²) in [6.45, 7) is 7.99. The highest BCUT2D eigenvalue weighted by atomic mass is 16.1. The number of tetrazole rings is 1. The van der Waals surface area contributed by atoms with Gasteiger partial charge in [0.05, 0.1) is 6.04 Å². The van der Waals surface area contributed by atoms with Crippen LogP contribution >= 0.6 is 0 Å². The van der Waals surface area contributed by atoms with Crippen molar-refractivity contribution in [3.05, 3.63) is 51.6 Å². The molecule has 7 nitrogen and oxygen atoms in total. The van der Waals surface area contributed by atoms with Gasteiger partial charge in [0.15, 0.2) is 5.82 Å². The van der Waals surface area contributed by atoms with Crippen LogP contribution in [0.5, 0.6) is 0 Å². The molecule has 154 valence electrons. The minimum absolute atomic E-state index is 0.0698. The predicted molar refractivity (Wildman–Crippen MR) is 114 cm³/mol. The molecule has 2 heterocycles. The van der Waals surface area contributed by atoms with E-state index in [0.717, 1.165) is 49.1 Å². The predicted octanol–water partition coefficient (Wildman–Crippen LogP) is 3.62. The maximum atomic E-state index is 13.1. The average Bonchev–Trinajstić information content (AvgIpc) is 3.43. The second-order valence-corrected chi connectivity index (χ2v) is 7.87. The first kappa shape index (κ1) is 19.8. The molecule has 1 atom stereocenters. The number of hydrogen-bond donors (Lipinski definition) is 1. The van der Waals surface area contributed by atoms with Gasteiger partial charge in [0.25, 0.3) is 5.56 Å². The molecule has 1 aliphatic rings. The van der Waals surface area contributed by atoms with Gasteiger partial charge in [-0.1, -0.05) is 39.7 Å². The molecular formula is C22H30N6O. The van der Waals surface area contributed by atoms with Gasteiger partial charge in [0, 0.05) is 11.1 Å². The summed E-state index contributed by atoms with van der Waals surface area (Å²) >= 11 is 0. The minimum atomic E-state index is -0.265. The molecule has 3 aromatic rings. The minimum Gasteiger partial charge on any atom is -0.322 e. The van der Waals surface area contributed by atoms with Crippen LogP contribution < -0.4 is 5.56 Å². The molecule has 0 saturated heterocycles. The first-order valence-electron chi connectivity index (χ1n) is 10.8. The number of fused-ring (bicyclic) bond motifs is 1. The van der Waals surface area contributed by atoms with Crippen molar-refractivity contribution in [2.75, 3.05) is 13.1 Å². The molecular weight excluding hydrogens is 364 g/mol. The second-order valence-electron chi connectivity index (χ2n) is 7.87. The number of benzene rings is 1. The summed E-state index contributed by atoms with van der Waals surface area (Å²) < 4.78 is 1.97. The number of aromatic nitrogens is 5. The van der Waals surface area contributed by atoms with E-state index in [1.54, 1.807) is 0 Å². The molecule has 0 radical (unpaired) electrons. The zero-order chi connectivity index (χ0) is 20.4. The van der Waals surface area contributed by atoms with Crippen LogP contribution in [0.2, 0.25) is 0 Å². The van der Waals surface area contributed by atoms with Crippen LogP contribution in [-0.2, 0) is 6.42 Å². The first-order chi connectivity index (χ1) is 14.2. The quantitative estimate of drug-likeness (QED) is 0.662. The largest absolute Gasteiger partial charge is 0.322 e. The smallest absolute Gasteiger partial charge is 0.253 e. The Labute approximate surface area is 171 Å². The SMILES string of the molecule is CCc1ccc2[nH]c(=O)c(C(c3nnnn3C3CCCC3)N(CC)CC)cc2c1. The van der Waals surface area contributed by atoms with E-state index in [2.05, 4.69) is 58.3 Å². The van der Waals surface area contributed by atoms with Gasteiger partial charge in [-0.2, -0.15) is 0 Å². The van der Waals surface area contributed by atoms with Crippen molar-refractivity contribution in [2.24, 2.45) is 0 Å². The Morgan fingerprint density at radius 1 is 1.17 bits per heavy atom. The Balaban J connectivity index is 1.88. The Morgan fingerprint density at radius 3 is 2.62 bits per heavy atom. The number of rotatable bonds is 7. The molecule has 0 amide bonds. The highest BCUT2D eigenvalue weighted by molar-refractivity contribution is 5.80. The lowest BCUT2D eigenvalue weighted by Gasteiger charge is -2.29. The summed E-state index contributed by atoms with van der Waals surface area (Å²) in [6, 6.07) is 8.32. The maximum absolute atomic E-state index is 13.1. The topological polar surface area (TPSA) is 79.7 Å². The van der Waals surface area contributed by atoms with Gasteiger partial charge in [-0.25, -0.2) is 4.68 Å². The van der Waals surface area contributed by atoms with E-state index in [1.165, 1.54) is 18.4 Å². The number of H-pyrrole nitrogens is 1. The van der Waals surface area contributed by atoms with E-state index < -0.39 is 0 Å². The lowest BCUT2D eigenvalue weighted by atomic mass is 10.0. The highest BCUT2D eigenvalue weighted by Crippen LogP contribution is 2.33. The molecule has 1 aliphatic carbocycles. The Bertz CT molecular complexity index is 1030. The summed E-state index contributed by atoms with van der Waals surface area (Å²) in [5.74, 6) is 0.775. The van der Waals surface area contributed by atoms with Gasteiger partial charge in [-0.05, 0) is 71.9 Å². The normalized spacial score (nSPS) is 16.1. The van der Waals surface area contributed by atoms with Gasteiger partial charge < -0.3 is 4.98 Å². The van der Waals surface area contributed by atoms with Crippen LogP contribution in [0.3, 0.4) is 0 Å². The molecule has 2 aromatic heterocycles. The zero-order valence-electron chi connectivity index (χ0n) is 17.6. The van der Waals surface area contributed by atoms with Gasteiger partial charge in [0.1, 0.15) is 6.04 Å². The number of nitrogens with one attached hydrogen (secondary N) is 1. The molecule has 4 rings (SSSR count). The lowest BCUT2D eigenvalue weighted by molar-refractivity contribution is 0.230. The van der Waals surface area contributed by atoms with Crippen molar-refractivity contribution in [3.8, 4) is 0 Å². The van der Waals surface area contributed by atoms with E-state index >= 15 is 0 Å². The van der Waals surface area contributed by atoms with E-state index in [9.17, 15) is 4.79 Å². The summed E-state index contributed by atoms with van der Waals surface area (Å²) in [4.78, 5) is 18.5. The third-order valence-electron chi connectivity index (χ3n) is 6.25. The van der Waals surface area contributed by atoms with Gasteiger partial charge in [0.2, 0.25) is 0 Å². The Morgan fingerprint density at radius 2 is 1.93 bits per heavy atom. The van der Waals surface area contributed by atoms with E-state index in [4.69, 9.17) is 0 Å². The fourth-order valence-electron chi connectivity index (χ4n) is 4.57. The average molecular weight is 395 g/mol. The number of nitrogens with zero attached hydrogens (tertiary/aromatic N) is 5. The summed E-state index contributed by atoms with van der Waals surface area (Å²) in [7, 11) is 0. The monoisotopic (exact) mass is 394 g/mol. The molecule has 1 unspecified atom stereocenters. The van der Waals surface area contributed by atoms with Crippen LogP contribution in [0.15, 0.2) is 29.1 Å². The van der Waals surface area contributed by atoms with Crippen molar-refractivity contribution in [3.63, 3.8) is 0 Å². The fourth-order valence-corrected chi connectivity index (χ4v) is 4.57. The lowest BCUT2D eigenvalue weighted by Crippen LogP contribution is -2.35. The molecule has 29 heavy (non-hydrogen) atoms. The summed E-state index contributed by atoms with van der Waals surface area (Å²) in [5.41, 5.74) is 2.76. The van der Waals surface area contributed by atoms with Gasteiger partial charge in [-0.15, -0.1) is 5.10 Å². The number of hydrogen-bond acceptors (Lipinski definition) is 5. The number of aromatic amines is 1. The van der Waals surface area contributed by atoms with Crippen LogP contribution in [-0.4, -0.2) is 43.2 Å². The third-order valence-corrected chi connectivity index (χ3v) is 6.25. The molecule has 1 N–H and O–H groups in total. The molecule has 0 bridgehead atoms. The summed E-state index contributed by atoms with van der Waals surface area (Å²) in [5, 5.41) is 13.8. The van der Waals surface area contributed by atoms with Gasteiger partial charge >= 0.3 is 0 Å². The van der Waals surface area contributed by atoms with Crippen molar-refractivity contribution in [1.82, 2.24) is 30.1 Å². The summed E-state index contributed by atoms with van der Waals surface area (Å²) in [6.07, 6.45) is 5.56. The van der Waals surface area contributed by atoms with Crippen molar-refractivity contribution in [1.29, 1.82) is 0 Å². The van der Waals surface area contributed by atoms with Crippen molar-refractivity contribution < 1.29 is 0 Å². The standard InChI is InChI=1S/C22H30N6O/c1-4-15-11-12-19-16(13-15)14-18(22(29)23-19)20(27(5-2)6-3)21-24-25-26-28(21)17-9-7-8-10-17/h11-14,17,20H,4-10H2,1-3H3,(H,23,29). The first-order valence-corrected chi connectivity index (χ1v) is 10.8. The highest BCUT2D eigenvalue weighted by Gasteiger charge is 2.31. The van der Waals surface area contributed by atoms with Crippen molar-refractivity contribution >= 4 is 10.9 Å². The molecule has 7 heteroatoms. The molecule has 0 spiro atoms. The third kappa shape index (κ3) is 3.71. The maximum Gasteiger partial charge on any atom is 0.253 e. The Kier molecular flexibility index (Phi) is 5.76. The molecule has 0 aliphatic heterocycles. The van der Waals surface area contributed by atoms with E-state index in [0.29, 0.717) is 11.6 Å². The Hall–Kier alpha value is -2.54. The fraction of sp³-hybridized carbons (Fsp3) is 0.545. The van der Waals surface area contributed by atoms with Gasteiger partial charge in [-0.3, -0.25) is 9.69 Å². The zero-order valence-corrected chi connectivity index (χ0v) is 17.6. The van der Waals surface area contributed by atoms with E-state index in [-0.39, 0.29) is 11.6 Å². The van der Waals surface area contributed by atoms with E-state index in [1.807, 2.05) is 16.8 Å². The van der Waals surface area contributed by atoms with Crippen LogP contribution in [0.4, 0.5) is 0 Å². The number of aryl methyl sites for hydroxylation is 1. The second kappa shape index (κ2) is 8.45. The van der Waals surface area contributed by atoms with Crippen LogP contribution in [0.1, 0.15) is 75.5 Å². The van der Waals surface area contributed by atoms with Crippen LogP contribution in [0, 0.1) is 0 Å². The molecule has 1 aromatic carbocycles. The molecule has 1 fully saturated rings. The molecule has 1 saturated carbocycles. The number of pyridine rings is 1.